The van der Waals surface area contributed by atoms with Crippen molar-refractivity contribution in [2.24, 2.45) is 5.84 Å². The third-order valence-corrected chi connectivity index (χ3v) is 2.55. The van der Waals surface area contributed by atoms with E-state index in [1.165, 1.54) is 12.8 Å². The number of hydrogen-bond acceptors (Lipinski definition) is 5. The summed E-state index contributed by atoms with van der Waals surface area (Å²) in [5, 5.41) is 9.00. The van der Waals surface area contributed by atoms with Crippen molar-refractivity contribution in [1.29, 1.82) is 0 Å². The fourth-order valence-electron chi connectivity index (χ4n) is 1.69. The van der Waals surface area contributed by atoms with E-state index in [2.05, 4.69) is 15.3 Å². The predicted octanol–water partition coefficient (Wildman–Crippen LogP) is 0.328. The van der Waals surface area contributed by atoms with Crippen LogP contribution in [0.2, 0.25) is 0 Å². The molecule has 0 bridgehead atoms. The molecule has 0 atom stereocenters. The van der Waals surface area contributed by atoms with Crippen LogP contribution in [-0.2, 0) is 0 Å². The van der Waals surface area contributed by atoms with Gasteiger partial charge in [-0.1, -0.05) is 0 Å². The maximum Gasteiger partial charge on any atom is 0.141 e. The molecule has 0 aliphatic heterocycles. The molecule has 5 heteroatoms. The first-order chi connectivity index (χ1) is 7.35. The van der Waals surface area contributed by atoms with Gasteiger partial charge in [-0.3, -0.25) is 0 Å². The van der Waals surface area contributed by atoms with Gasteiger partial charge in [0.05, 0.1) is 6.61 Å². The summed E-state index contributed by atoms with van der Waals surface area (Å²) in [4.78, 5) is 6.25. The molecule has 0 spiro atoms. The highest BCUT2D eigenvalue weighted by Crippen LogP contribution is 2.31. The van der Waals surface area contributed by atoms with Crippen molar-refractivity contribution in [2.45, 2.75) is 18.9 Å². The molecule has 82 valence electrons. The number of nitrogen functional groups attached to an aromatic ring is 1. The number of nitrogens with zero attached hydrogens (tertiary/aromatic N) is 2. The SMILES string of the molecule is NNc1cc(N(CCO)C2CC2)ccn1. The second-order valence-electron chi connectivity index (χ2n) is 3.69. The van der Waals surface area contributed by atoms with E-state index in [1.807, 2.05) is 12.1 Å². The van der Waals surface area contributed by atoms with Gasteiger partial charge in [-0.25, -0.2) is 10.8 Å². The topological polar surface area (TPSA) is 74.4 Å². The number of pyridine rings is 1. The van der Waals surface area contributed by atoms with Crippen molar-refractivity contribution in [1.82, 2.24) is 4.98 Å². The normalized spacial score (nSPS) is 15.1. The zero-order chi connectivity index (χ0) is 10.7. The molecule has 1 aliphatic carbocycles. The van der Waals surface area contributed by atoms with Gasteiger partial charge >= 0.3 is 0 Å². The van der Waals surface area contributed by atoms with Gasteiger partial charge in [0.15, 0.2) is 0 Å². The fourth-order valence-corrected chi connectivity index (χ4v) is 1.69. The van der Waals surface area contributed by atoms with E-state index in [9.17, 15) is 0 Å². The molecule has 2 rings (SSSR count). The van der Waals surface area contributed by atoms with Crippen LogP contribution in [0, 0.1) is 0 Å². The van der Waals surface area contributed by atoms with Gasteiger partial charge in [-0.2, -0.15) is 0 Å². The quantitative estimate of drug-likeness (QED) is 0.480. The van der Waals surface area contributed by atoms with Crippen LogP contribution < -0.4 is 16.2 Å². The minimum absolute atomic E-state index is 0.171. The first kappa shape index (κ1) is 10.2. The Morgan fingerprint density at radius 1 is 1.60 bits per heavy atom. The van der Waals surface area contributed by atoms with E-state index in [0.717, 1.165) is 5.69 Å². The van der Waals surface area contributed by atoms with Crippen molar-refractivity contribution in [2.75, 3.05) is 23.5 Å². The van der Waals surface area contributed by atoms with Gasteiger partial charge in [-0.15, -0.1) is 0 Å². The van der Waals surface area contributed by atoms with Crippen LogP contribution in [0.5, 0.6) is 0 Å². The fraction of sp³-hybridized carbons (Fsp3) is 0.500. The highest BCUT2D eigenvalue weighted by Gasteiger charge is 2.28. The molecule has 1 aromatic rings. The number of hydrazine groups is 1. The van der Waals surface area contributed by atoms with Crippen LogP contribution in [0.1, 0.15) is 12.8 Å². The lowest BCUT2D eigenvalue weighted by Gasteiger charge is -2.23. The molecule has 1 fully saturated rings. The maximum absolute atomic E-state index is 9.00. The van der Waals surface area contributed by atoms with Gasteiger partial charge < -0.3 is 15.4 Å². The summed E-state index contributed by atoms with van der Waals surface area (Å²) >= 11 is 0. The Balaban J connectivity index is 2.16. The third-order valence-electron chi connectivity index (χ3n) is 2.55. The zero-order valence-corrected chi connectivity index (χ0v) is 8.56. The summed E-state index contributed by atoms with van der Waals surface area (Å²) in [5.41, 5.74) is 3.59. The minimum atomic E-state index is 0.171. The lowest BCUT2D eigenvalue weighted by atomic mass is 10.3. The summed E-state index contributed by atoms with van der Waals surface area (Å²) < 4.78 is 0. The molecule has 5 nitrogen and oxygen atoms in total. The number of anilines is 2. The standard InChI is InChI=1S/C10H16N4O/c11-13-10-7-9(3-4-12-10)14(5-6-15)8-1-2-8/h3-4,7-8,15H,1-2,5-6,11H2,(H,12,13). The first-order valence-corrected chi connectivity index (χ1v) is 5.15. The molecular formula is C10H16N4O. The lowest BCUT2D eigenvalue weighted by Crippen LogP contribution is -2.29. The first-order valence-electron chi connectivity index (χ1n) is 5.15. The number of aromatic nitrogens is 1. The highest BCUT2D eigenvalue weighted by molar-refractivity contribution is 5.54. The van der Waals surface area contributed by atoms with Gasteiger partial charge in [0.25, 0.3) is 0 Å². The Kier molecular flexibility index (Phi) is 3.03. The van der Waals surface area contributed by atoms with Crippen LogP contribution >= 0.6 is 0 Å². The second-order valence-corrected chi connectivity index (χ2v) is 3.69. The average Bonchev–Trinajstić information content (AvgIpc) is 3.10. The molecule has 0 radical (unpaired) electrons. The predicted molar refractivity (Wildman–Crippen MR) is 59.5 cm³/mol. The molecule has 0 aromatic carbocycles. The molecule has 0 unspecified atom stereocenters. The zero-order valence-electron chi connectivity index (χ0n) is 8.56. The van der Waals surface area contributed by atoms with Crippen molar-refractivity contribution in [3.63, 3.8) is 0 Å². The monoisotopic (exact) mass is 208 g/mol. The van der Waals surface area contributed by atoms with E-state index >= 15 is 0 Å². The second kappa shape index (κ2) is 4.46. The number of nitrogens with two attached hydrogens (primary N) is 1. The van der Waals surface area contributed by atoms with E-state index in [1.54, 1.807) is 6.20 Å². The van der Waals surface area contributed by atoms with Crippen LogP contribution in [0.3, 0.4) is 0 Å². The van der Waals surface area contributed by atoms with Crippen molar-refractivity contribution in [3.05, 3.63) is 18.3 Å². The van der Waals surface area contributed by atoms with E-state index in [4.69, 9.17) is 10.9 Å². The molecule has 4 N–H and O–H groups in total. The molecular weight excluding hydrogens is 192 g/mol. The third kappa shape index (κ3) is 2.37. The molecule has 15 heavy (non-hydrogen) atoms. The molecule has 1 saturated carbocycles. The number of rotatable bonds is 5. The molecule has 1 heterocycles. The van der Waals surface area contributed by atoms with Crippen LogP contribution in [-0.4, -0.2) is 29.3 Å². The molecule has 0 amide bonds. The molecule has 1 aliphatic rings. The number of aliphatic hydroxyl groups excluding tert-OH is 1. The number of nitrogens with one attached hydrogen (secondary N) is 1. The van der Waals surface area contributed by atoms with Crippen LogP contribution in [0.25, 0.3) is 0 Å². The lowest BCUT2D eigenvalue weighted by molar-refractivity contribution is 0.301. The van der Waals surface area contributed by atoms with E-state index in [0.29, 0.717) is 18.4 Å². The van der Waals surface area contributed by atoms with Gasteiger partial charge in [0.1, 0.15) is 5.82 Å². The Bertz CT molecular complexity index is 327. The maximum atomic E-state index is 9.00. The summed E-state index contributed by atoms with van der Waals surface area (Å²) in [6.45, 7) is 0.836. The van der Waals surface area contributed by atoms with Gasteiger partial charge in [0, 0.05) is 30.5 Å². The minimum Gasteiger partial charge on any atom is -0.395 e. The number of aliphatic hydroxyl groups is 1. The number of hydrogen-bond donors (Lipinski definition) is 3. The average molecular weight is 208 g/mol. The highest BCUT2D eigenvalue weighted by atomic mass is 16.3. The van der Waals surface area contributed by atoms with Crippen LogP contribution in [0.4, 0.5) is 11.5 Å². The molecule has 1 aromatic heterocycles. The van der Waals surface area contributed by atoms with Crippen molar-refractivity contribution < 1.29 is 5.11 Å². The Labute approximate surface area is 88.9 Å². The van der Waals surface area contributed by atoms with Crippen LogP contribution in [0.15, 0.2) is 18.3 Å². The molecule has 0 saturated heterocycles. The van der Waals surface area contributed by atoms with Crippen molar-refractivity contribution in [3.8, 4) is 0 Å². The Hall–Kier alpha value is -1.33. The van der Waals surface area contributed by atoms with E-state index in [-0.39, 0.29) is 6.61 Å². The van der Waals surface area contributed by atoms with Gasteiger partial charge in [-0.05, 0) is 18.9 Å². The smallest absolute Gasteiger partial charge is 0.141 e. The Morgan fingerprint density at radius 2 is 2.40 bits per heavy atom. The van der Waals surface area contributed by atoms with Crippen molar-refractivity contribution >= 4 is 11.5 Å². The largest absolute Gasteiger partial charge is 0.395 e. The van der Waals surface area contributed by atoms with Gasteiger partial charge in [0.2, 0.25) is 0 Å². The summed E-state index contributed by atoms with van der Waals surface area (Å²) in [6, 6.07) is 4.41. The summed E-state index contributed by atoms with van der Waals surface area (Å²) in [7, 11) is 0. The summed E-state index contributed by atoms with van der Waals surface area (Å²) in [6.07, 6.45) is 4.12. The van der Waals surface area contributed by atoms with E-state index < -0.39 is 0 Å². The Morgan fingerprint density at radius 3 is 3.00 bits per heavy atom. The summed E-state index contributed by atoms with van der Waals surface area (Å²) in [5.74, 6) is 5.95.